The van der Waals surface area contributed by atoms with Crippen LogP contribution in [0, 0.1) is 0 Å². The Hall–Kier alpha value is -1.98. The van der Waals surface area contributed by atoms with E-state index in [2.05, 4.69) is 9.97 Å². The molecule has 0 spiro atoms. The van der Waals surface area contributed by atoms with E-state index < -0.39 is 21.6 Å². The normalized spacial score (nSPS) is 11.1. The van der Waals surface area contributed by atoms with E-state index in [4.69, 9.17) is 17.5 Å². The van der Waals surface area contributed by atoms with E-state index in [1.54, 1.807) is 18.7 Å². The average Bonchev–Trinajstić information content (AvgIpc) is 2.55. The molecule has 0 aliphatic heterocycles. The largest absolute Gasteiger partial charge is 0.394 e. The summed E-state index contributed by atoms with van der Waals surface area (Å²) in [7, 11) is -1.40. The van der Waals surface area contributed by atoms with Crippen LogP contribution in [-0.4, -0.2) is 36.6 Å². The monoisotopic (exact) mass is 278 g/mol. The highest BCUT2D eigenvalue weighted by molar-refractivity contribution is 7.79. The van der Waals surface area contributed by atoms with Gasteiger partial charge < -0.3 is 4.57 Å². The summed E-state index contributed by atoms with van der Waals surface area (Å²) in [5.74, 6) is 0. The predicted octanol–water partition coefficient (Wildman–Crippen LogP) is -1.69. The molecular formula is C7H10N4O6S. The molecule has 0 aromatic carbocycles. The molecule has 2 rings (SSSR count). The van der Waals surface area contributed by atoms with Gasteiger partial charge in [0.25, 0.3) is 5.56 Å². The second-order valence-electron chi connectivity index (χ2n) is 3.29. The number of hydrogen-bond acceptors (Lipinski definition) is 5. The fraction of sp³-hybridized carbons (Fsp3) is 0.286. The van der Waals surface area contributed by atoms with Crippen LogP contribution in [0.5, 0.6) is 0 Å². The van der Waals surface area contributed by atoms with Gasteiger partial charge in [0, 0.05) is 14.1 Å². The van der Waals surface area contributed by atoms with Crippen LogP contribution in [0.3, 0.4) is 0 Å². The molecule has 18 heavy (non-hydrogen) atoms. The van der Waals surface area contributed by atoms with Gasteiger partial charge in [0.15, 0.2) is 11.2 Å². The fourth-order valence-electron chi connectivity index (χ4n) is 1.26. The SMILES string of the molecule is Cn1cnc2c1c(=O)[nH]c(=O)n2C.O=S(=O)(O)O. The van der Waals surface area contributed by atoms with Crippen molar-refractivity contribution in [1.82, 2.24) is 19.1 Å². The van der Waals surface area contributed by atoms with E-state index >= 15 is 0 Å². The van der Waals surface area contributed by atoms with Crippen LogP contribution in [0.1, 0.15) is 0 Å². The van der Waals surface area contributed by atoms with Gasteiger partial charge >= 0.3 is 16.1 Å². The molecule has 0 saturated heterocycles. The summed E-state index contributed by atoms with van der Waals surface area (Å²) in [6.45, 7) is 0. The van der Waals surface area contributed by atoms with Crippen LogP contribution in [-0.2, 0) is 24.5 Å². The number of hydrogen-bond donors (Lipinski definition) is 3. The van der Waals surface area contributed by atoms with E-state index in [1.165, 1.54) is 10.9 Å². The molecule has 0 saturated carbocycles. The first kappa shape index (κ1) is 14.1. The Bertz CT molecular complexity index is 774. The molecule has 2 heterocycles. The van der Waals surface area contributed by atoms with E-state index in [0.717, 1.165) is 0 Å². The van der Waals surface area contributed by atoms with Crippen LogP contribution < -0.4 is 11.2 Å². The van der Waals surface area contributed by atoms with Gasteiger partial charge in [-0.3, -0.25) is 23.5 Å². The first-order chi connectivity index (χ1) is 8.11. The van der Waals surface area contributed by atoms with Gasteiger partial charge in [0.2, 0.25) is 0 Å². The fourth-order valence-corrected chi connectivity index (χ4v) is 1.26. The topological polar surface area (TPSA) is 147 Å². The number of fused-ring (bicyclic) bond motifs is 1. The van der Waals surface area contributed by atoms with Gasteiger partial charge in [-0.25, -0.2) is 9.78 Å². The van der Waals surface area contributed by atoms with E-state index in [1.807, 2.05) is 0 Å². The molecule has 100 valence electrons. The third-order valence-electron chi connectivity index (χ3n) is 1.98. The summed E-state index contributed by atoms with van der Waals surface area (Å²) >= 11 is 0. The number of H-pyrrole nitrogens is 1. The third kappa shape index (κ3) is 3.26. The van der Waals surface area contributed by atoms with Crippen molar-refractivity contribution in [3.63, 3.8) is 0 Å². The Morgan fingerprint density at radius 2 is 1.78 bits per heavy atom. The lowest BCUT2D eigenvalue weighted by molar-refractivity contribution is 0.381. The molecule has 0 fully saturated rings. The zero-order valence-electron chi connectivity index (χ0n) is 9.35. The zero-order chi connectivity index (χ0) is 14.1. The highest BCUT2D eigenvalue weighted by Gasteiger charge is 2.08. The summed E-state index contributed by atoms with van der Waals surface area (Å²) in [6, 6.07) is 0. The summed E-state index contributed by atoms with van der Waals surface area (Å²) in [5.41, 5.74) is -0.0485. The molecule has 0 aliphatic rings. The van der Waals surface area contributed by atoms with Crippen molar-refractivity contribution in [2.24, 2.45) is 14.1 Å². The zero-order valence-corrected chi connectivity index (χ0v) is 10.2. The van der Waals surface area contributed by atoms with Gasteiger partial charge in [0.05, 0.1) is 6.33 Å². The van der Waals surface area contributed by atoms with Crippen molar-refractivity contribution in [3.05, 3.63) is 27.2 Å². The number of imidazole rings is 1. The molecule has 0 unspecified atom stereocenters. The van der Waals surface area contributed by atoms with E-state index in [9.17, 15) is 9.59 Å². The Labute approximate surface area is 100 Å². The predicted molar refractivity (Wildman–Crippen MR) is 60.8 cm³/mol. The Kier molecular flexibility index (Phi) is 3.69. The van der Waals surface area contributed by atoms with E-state index in [0.29, 0.717) is 11.2 Å². The van der Waals surface area contributed by atoms with Crippen molar-refractivity contribution in [3.8, 4) is 0 Å². The summed E-state index contributed by atoms with van der Waals surface area (Å²) in [5, 5.41) is 0. The number of aromatic amines is 1. The number of aryl methyl sites for hydroxylation is 2. The van der Waals surface area contributed by atoms with Crippen LogP contribution in [0.4, 0.5) is 0 Å². The molecule has 11 heteroatoms. The van der Waals surface area contributed by atoms with Crippen LogP contribution in [0.25, 0.3) is 11.2 Å². The smallest absolute Gasteiger partial charge is 0.328 e. The number of aromatic nitrogens is 4. The van der Waals surface area contributed by atoms with Crippen molar-refractivity contribution in [2.75, 3.05) is 0 Å². The van der Waals surface area contributed by atoms with Gasteiger partial charge in [0.1, 0.15) is 0 Å². The average molecular weight is 278 g/mol. The highest BCUT2D eigenvalue weighted by atomic mass is 32.3. The molecule has 0 bridgehead atoms. The molecule has 10 nitrogen and oxygen atoms in total. The maximum atomic E-state index is 11.3. The quantitative estimate of drug-likeness (QED) is 0.487. The minimum absolute atomic E-state index is 0.399. The summed E-state index contributed by atoms with van der Waals surface area (Å²) in [6.07, 6.45) is 1.50. The number of nitrogens with zero attached hydrogens (tertiary/aromatic N) is 3. The first-order valence-electron chi connectivity index (χ1n) is 4.41. The van der Waals surface area contributed by atoms with Gasteiger partial charge in [-0.15, -0.1) is 0 Å². The minimum atomic E-state index is -4.67. The maximum Gasteiger partial charge on any atom is 0.394 e. The lowest BCUT2D eigenvalue weighted by atomic mass is 10.5. The molecule has 0 radical (unpaired) electrons. The molecule has 0 atom stereocenters. The number of rotatable bonds is 0. The standard InChI is InChI=1S/C7H8N4O2.H2O4S/c1-10-3-8-5-4(10)6(12)9-7(13)11(5)2;1-5(2,3)4/h3H,1-2H3,(H,9,12,13);(H2,1,2,3,4). The second kappa shape index (κ2) is 4.72. The van der Waals surface area contributed by atoms with Crippen LogP contribution in [0.15, 0.2) is 15.9 Å². The third-order valence-corrected chi connectivity index (χ3v) is 1.98. The molecular weight excluding hydrogens is 268 g/mol. The van der Waals surface area contributed by atoms with Crippen molar-refractivity contribution in [1.29, 1.82) is 0 Å². The van der Waals surface area contributed by atoms with Crippen molar-refractivity contribution >= 4 is 21.6 Å². The molecule has 0 aliphatic carbocycles. The van der Waals surface area contributed by atoms with E-state index in [-0.39, 0.29) is 0 Å². The van der Waals surface area contributed by atoms with Gasteiger partial charge in [-0.1, -0.05) is 0 Å². The van der Waals surface area contributed by atoms with Crippen molar-refractivity contribution in [2.45, 2.75) is 0 Å². The highest BCUT2D eigenvalue weighted by Crippen LogP contribution is 2.00. The minimum Gasteiger partial charge on any atom is -0.328 e. The Morgan fingerprint density at radius 1 is 1.28 bits per heavy atom. The lowest BCUT2D eigenvalue weighted by Gasteiger charge is -1.97. The second-order valence-corrected chi connectivity index (χ2v) is 4.19. The first-order valence-corrected chi connectivity index (χ1v) is 5.81. The molecule has 2 aromatic rings. The Morgan fingerprint density at radius 3 is 2.28 bits per heavy atom. The van der Waals surface area contributed by atoms with Gasteiger partial charge in [-0.05, 0) is 0 Å². The van der Waals surface area contributed by atoms with Gasteiger partial charge in [-0.2, -0.15) is 8.42 Å². The molecule has 3 N–H and O–H groups in total. The van der Waals surface area contributed by atoms with Crippen LogP contribution >= 0.6 is 0 Å². The molecule has 0 amide bonds. The summed E-state index contributed by atoms with van der Waals surface area (Å²) in [4.78, 5) is 28.6. The van der Waals surface area contributed by atoms with Crippen LogP contribution in [0.2, 0.25) is 0 Å². The molecule has 2 aromatic heterocycles. The number of nitrogens with one attached hydrogen (secondary N) is 1. The summed E-state index contributed by atoms with van der Waals surface area (Å²) < 4.78 is 34.5. The lowest BCUT2D eigenvalue weighted by Crippen LogP contribution is -2.28. The maximum absolute atomic E-state index is 11.3. The Balaban J connectivity index is 0.000000280. The van der Waals surface area contributed by atoms with Crippen molar-refractivity contribution < 1.29 is 17.5 Å².